The van der Waals surface area contributed by atoms with Crippen molar-refractivity contribution in [1.82, 2.24) is 5.32 Å². The quantitative estimate of drug-likeness (QED) is 0.568. The van der Waals surface area contributed by atoms with Crippen molar-refractivity contribution in [1.29, 1.82) is 0 Å². The highest BCUT2D eigenvalue weighted by molar-refractivity contribution is 6.31. The lowest BCUT2D eigenvalue weighted by Gasteiger charge is -2.11. The fourth-order valence-electron chi connectivity index (χ4n) is 2.56. The highest BCUT2D eigenvalue weighted by atomic mass is 35.5. The number of halogens is 1. The van der Waals surface area contributed by atoms with Gasteiger partial charge in [-0.15, -0.1) is 0 Å². The average Bonchev–Trinajstić information content (AvgIpc) is 2.94. The number of carboxylic acids is 1. The van der Waals surface area contributed by atoms with Crippen LogP contribution in [0.4, 0.5) is 10.5 Å². The van der Waals surface area contributed by atoms with E-state index in [1.165, 1.54) is 19.3 Å². The number of carbonyl (C=O) groups is 3. The van der Waals surface area contributed by atoms with E-state index < -0.39 is 24.5 Å². The number of urea groups is 1. The minimum atomic E-state index is -1.12. The fraction of sp³-hybridized carbons (Fsp3) is 0.105. The van der Waals surface area contributed by atoms with Crippen molar-refractivity contribution in [2.75, 3.05) is 18.6 Å². The summed E-state index contributed by atoms with van der Waals surface area (Å²) in [6.45, 7) is -0.513. The lowest BCUT2D eigenvalue weighted by atomic mass is 10.1. The summed E-state index contributed by atoms with van der Waals surface area (Å²) in [6.07, 6.45) is 1.49. The van der Waals surface area contributed by atoms with Crippen molar-refractivity contribution in [3.05, 3.63) is 58.7 Å². The molecule has 0 unspecified atom stereocenters. The maximum Gasteiger partial charge on any atom is 0.341 e. The maximum atomic E-state index is 12.6. The fourth-order valence-corrected chi connectivity index (χ4v) is 2.69. The summed E-state index contributed by atoms with van der Waals surface area (Å²) < 4.78 is 10.3. The van der Waals surface area contributed by atoms with E-state index >= 15 is 0 Å². The summed E-state index contributed by atoms with van der Waals surface area (Å²) in [5, 5.41) is 11.7. The van der Waals surface area contributed by atoms with Crippen LogP contribution in [0.5, 0.6) is 11.5 Å². The maximum absolute atomic E-state index is 12.6. The van der Waals surface area contributed by atoms with Crippen molar-refractivity contribution < 1.29 is 29.0 Å². The van der Waals surface area contributed by atoms with E-state index in [1.54, 1.807) is 36.4 Å². The second kappa shape index (κ2) is 8.01. The van der Waals surface area contributed by atoms with Crippen molar-refractivity contribution in [2.45, 2.75) is 0 Å². The van der Waals surface area contributed by atoms with Crippen LogP contribution in [0, 0.1) is 0 Å². The molecular weight excluding hydrogens is 388 g/mol. The van der Waals surface area contributed by atoms with Gasteiger partial charge in [0.1, 0.15) is 5.70 Å². The molecule has 0 spiro atoms. The van der Waals surface area contributed by atoms with E-state index in [9.17, 15) is 14.4 Å². The Hall–Kier alpha value is -3.52. The lowest BCUT2D eigenvalue weighted by molar-refractivity contribution is -0.139. The average molecular weight is 403 g/mol. The Morgan fingerprint density at radius 3 is 2.54 bits per heavy atom. The molecule has 0 atom stereocenters. The number of amides is 3. The summed E-state index contributed by atoms with van der Waals surface area (Å²) >= 11 is 5.84. The zero-order chi connectivity index (χ0) is 20.3. The van der Waals surface area contributed by atoms with Gasteiger partial charge in [0.15, 0.2) is 18.1 Å². The molecular formula is C19H15ClN2O6. The van der Waals surface area contributed by atoms with Gasteiger partial charge in [0.2, 0.25) is 0 Å². The number of carboxylic acid groups (broad SMARTS) is 1. The first-order valence-corrected chi connectivity index (χ1v) is 8.42. The molecule has 1 fully saturated rings. The zero-order valence-electron chi connectivity index (χ0n) is 14.6. The van der Waals surface area contributed by atoms with E-state index in [1.807, 2.05) is 0 Å². The van der Waals surface area contributed by atoms with Gasteiger partial charge in [0.05, 0.1) is 12.8 Å². The minimum absolute atomic E-state index is 0.0845. The summed E-state index contributed by atoms with van der Waals surface area (Å²) in [6, 6.07) is 10.4. The molecule has 0 bridgehead atoms. The number of ether oxygens (including phenoxy) is 2. The van der Waals surface area contributed by atoms with Gasteiger partial charge in [-0.05, 0) is 48.0 Å². The van der Waals surface area contributed by atoms with Gasteiger partial charge in [0, 0.05) is 5.02 Å². The van der Waals surface area contributed by atoms with Crippen LogP contribution in [0.3, 0.4) is 0 Å². The Labute approximate surface area is 164 Å². The topological polar surface area (TPSA) is 105 Å². The first-order valence-electron chi connectivity index (χ1n) is 8.04. The van der Waals surface area contributed by atoms with Crippen molar-refractivity contribution in [2.24, 2.45) is 0 Å². The van der Waals surface area contributed by atoms with Crippen LogP contribution >= 0.6 is 11.6 Å². The van der Waals surface area contributed by atoms with Crippen molar-refractivity contribution >= 4 is 41.3 Å². The van der Waals surface area contributed by atoms with E-state index in [4.69, 9.17) is 26.2 Å². The second-order valence-corrected chi connectivity index (χ2v) is 6.13. The molecule has 8 nitrogen and oxygen atoms in total. The number of benzene rings is 2. The van der Waals surface area contributed by atoms with Crippen LogP contribution in [0.1, 0.15) is 5.56 Å². The summed E-state index contributed by atoms with van der Waals surface area (Å²) in [7, 11) is 1.41. The zero-order valence-corrected chi connectivity index (χ0v) is 15.4. The SMILES string of the molecule is COc1cc(/C=C2/NC(=O)N(c3ccc(Cl)cc3)C2=O)ccc1OCC(=O)O. The van der Waals surface area contributed by atoms with Gasteiger partial charge in [0.25, 0.3) is 5.91 Å². The molecule has 2 N–H and O–H groups in total. The number of nitrogens with one attached hydrogen (secondary N) is 1. The van der Waals surface area contributed by atoms with Gasteiger partial charge >= 0.3 is 12.0 Å². The second-order valence-electron chi connectivity index (χ2n) is 5.70. The molecule has 0 saturated carbocycles. The molecule has 1 aliphatic heterocycles. The Bertz CT molecular complexity index is 971. The van der Waals surface area contributed by atoms with Crippen LogP contribution in [-0.4, -0.2) is 36.7 Å². The van der Waals surface area contributed by atoms with Gasteiger partial charge in [-0.25, -0.2) is 14.5 Å². The number of methoxy groups -OCH3 is 1. The third-order valence-corrected chi connectivity index (χ3v) is 4.06. The van der Waals surface area contributed by atoms with Crippen LogP contribution in [0.25, 0.3) is 6.08 Å². The molecule has 1 aliphatic rings. The number of nitrogens with zero attached hydrogens (tertiary/aromatic N) is 1. The normalized spacial score (nSPS) is 14.9. The molecule has 9 heteroatoms. The predicted octanol–water partition coefficient (Wildman–Crippen LogP) is 2.91. The highest BCUT2D eigenvalue weighted by Gasteiger charge is 2.34. The van der Waals surface area contributed by atoms with Gasteiger partial charge in [-0.1, -0.05) is 17.7 Å². The first-order chi connectivity index (χ1) is 13.4. The molecule has 3 rings (SSSR count). The van der Waals surface area contributed by atoms with Crippen LogP contribution in [-0.2, 0) is 9.59 Å². The smallest absolute Gasteiger partial charge is 0.341 e. The van der Waals surface area contributed by atoms with E-state index in [0.717, 1.165) is 4.90 Å². The number of imide groups is 1. The van der Waals surface area contributed by atoms with Crippen LogP contribution in [0.2, 0.25) is 5.02 Å². The van der Waals surface area contributed by atoms with Gasteiger partial charge in [-0.2, -0.15) is 0 Å². The van der Waals surface area contributed by atoms with Gasteiger partial charge < -0.3 is 19.9 Å². The molecule has 1 heterocycles. The Morgan fingerprint density at radius 2 is 1.89 bits per heavy atom. The number of hydrogen-bond donors (Lipinski definition) is 2. The summed E-state index contributed by atoms with van der Waals surface area (Å²) in [4.78, 5) is 36.5. The Balaban J connectivity index is 1.85. The standard InChI is InChI=1S/C19H15ClN2O6/c1-27-16-9-11(2-7-15(16)28-10-17(23)24)8-14-18(25)22(19(26)21-14)13-5-3-12(20)4-6-13/h2-9H,10H2,1H3,(H,21,26)(H,23,24)/b14-8+. The number of carbonyl (C=O) groups excluding carboxylic acids is 2. The largest absolute Gasteiger partial charge is 0.493 e. The van der Waals surface area contributed by atoms with Crippen molar-refractivity contribution in [3.8, 4) is 11.5 Å². The van der Waals surface area contributed by atoms with Gasteiger partial charge in [-0.3, -0.25) is 4.79 Å². The minimum Gasteiger partial charge on any atom is -0.493 e. The van der Waals surface area contributed by atoms with Crippen molar-refractivity contribution in [3.63, 3.8) is 0 Å². The molecule has 2 aromatic rings. The lowest BCUT2D eigenvalue weighted by Crippen LogP contribution is -2.30. The van der Waals surface area contributed by atoms with Crippen LogP contribution in [0.15, 0.2) is 48.2 Å². The summed E-state index contributed by atoms with van der Waals surface area (Å²) in [5.74, 6) is -1.09. The number of rotatable bonds is 6. The molecule has 0 radical (unpaired) electrons. The van der Waals surface area contributed by atoms with E-state index in [-0.39, 0.29) is 11.4 Å². The molecule has 28 heavy (non-hydrogen) atoms. The van der Waals surface area contributed by atoms with E-state index in [0.29, 0.717) is 22.0 Å². The molecule has 3 amide bonds. The number of hydrogen-bond acceptors (Lipinski definition) is 5. The molecule has 2 aromatic carbocycles. The summed E-state index contributed by atoms with van der Waals surface area (Å²) in [5.41, 5.74) is 1.03. The Morgan fingerprint density at radius 1 is 1.18 bits per heavy atom. The molecule has 0 aliphatic carbocycles. The monoisotopic (exact) mass is 402 g/mol. The third kappa shape index (κ3) is 4.07. The molecule has 144 valence electrons. The first kappa shape index (κ1) is 19.2. The molecule has 0 aromatic heterocycles. The van der Waals surface area contributed by atoms with Crippen LogP contribution < -0.4 is 19.7 Å². The Kier molecular flexibility index (Phi) is 5.51. The molecule has 1 saturated heterocycles. The predicted molar refractivity (Wildman–Crippen MR) is 102 cm³/mol. The number of aliphatic carboxylic acids is 1. The number of anilines is 1. The third-order valence-electron chi connectivity index (χ3n) is 3.81. The van der Waals surface area contributed by atoms with E-state index in [2.05, 4.69) is 5.32 Å². The highest BCUT2D eigenvalue weighted by Crippen LogP contribution is 2.30.